The van der Waals surface area contributed by atoms with E-state index in [0.717, 1.165) is 24.3 Å². The monoisotopic (exact) mass is 342 g/mol. The Morgan fingerprint density at radius 2 is 2.25 bits per heavy atom. The molecule has 1 amide bonds. The number of carbonyl (C=O) groups is 1. The predicted octanol–water partition coefficient (Wildman–Crippen LogP) is 3.10. The number of amides is 1. The van der Waals surface area contributed by atoms with Crippen LogP contribution >= 0.6 is 11.3 Å². The third-order valence-corrected chi connectivity index (χ3v) is 5.21. The second kappa shape index (κ2) is 8.22. The van der Waals surface area contributed by atoms with Crippen molar-refractivity contribution in [1.29, 1.82) is 0 Å². The molecule has 3 rings (SSSR count). The Hall–Kier alpha value is -1.98. The van der Waals surface area contributed by atoms with E-state index in [4.69, 9.17) is 4.74 Å². The number of likely N-dealkylation sites (tertiary alicyclic amines) is 1. The molecule has 126 valence electrons. The van der Waals surface area contributed by atoms with Crippen LogP contribution in [0.3, 0.4) is 0 Å². The Labute approximate surface area is 146 Å². The Kier molecular flexibility index (Phi) is 5.77. The first kappa shape index (κ1) is 16.9. The van der Waals surface area contributed by atoms with Crippen LogP contribution in [0.2, 0.25) is 0 Å². The lowest BCUT2D eigenvalue weighted by Crippen LogP contribution is -2.42. The van der Waals surface area contributed by atoms with Crippen LogP contribution in [-0.2, 0) is 22.4 Å². The van der Waals surface area contributed by atoms with Gasteiger partial charge in [0.1, 0.15) is 0 Å². The minimum atomic E-state index is 0.0588. The highest BCUT2D eigenvalue weighted by atomic mass is 32.1. The number of rotatable bonds is 7. The molecule has 1 fully saturated rings. The van der Waals surface area contributed by atoms with E-state index < -0.39 is 0 Å². The first-order valence-electron chi connectivity index (χ1n) is 8.21. The highest BCUT2D eigenvalue weighted by Crippen LogP contribution is 2.26. The summed E-state index contributed by atoms with van der Waals surface area (Å²) >= 11 is 1.63. The van der Waals surface area contributed by atoms with E-state index in [9.17, 15) is 4.79 Å². The van der Waals surface area contributed by atoms with E-state index >= 15 is 0 Å². The van der Waals surface area contributed by atoms with Crippen LogP contribution in [0.1, 0.15) is 16.9 Å². The van der Waals surface area contributed by atoms with E-state index in [-0.39, 0.29) is 18.1 Å². The average molecular weight is 342 g/mol. The van der Waals surface area contributed by atoms with Gasteiger partial charge >= 0.3 is 0 Å². The summed E-state index contributed by atoms with van der Waals surface area (Å²) < 4.78 is 5.93. The summed E-state index contributed by atoms with van der Waals surface area (Å²) in [5.41, 5.74) is 1.18. The number of ether oxygens (including phenoxy) is 1. The number of carbonyl (C=O) groups excluding carboxylic acids is 1. The molecule has 5 heteroatoms. The smallest absolute Gasteiger partial charge is 0.228 e. The molecule has 4 nitrogen and oxygen atoms in total. The van der Waals surface area contributed by atoms with Gasteiger partial charge in [-0.05, 0) is 42.0 Å². The van der Waals surface area contributed by atoms with Crippen molar-refractivity contribution in [2.24, 2.45) is 0 Å². The number of hydrogen-bond donors (Lipinski definition) is 0. The van der Waals surface area contributed by atoms with E-state index in [2.05, 4.69) is 11.6 Å². The quantitative estimate of drug-likeness (QED) is 0.726. The molecular weight excluding hydrogens is 320 g/mol. The van der Waals surface area contributed by atoms with Gasteiger partial charge in [-0.2, -0.15) is 0 Å². The van der Waals surface area contributed by atoms with Crippen LogP contribution in [0.5, 0.6) is 0 Å². The second-order valence-corrected chi connectivity index (χ2v) is 6.95. The maximum atomic E-state index is 12.8. The molecule has 0 saturated carbocycles. The van der Waals surface area contributed by atoms with Crippen LogP contribution in [0.4, 0.5) is 0 Å². The highest BCUT2D eigenvalue weighted by molar-refractivity contribution is 7.10. The third-order valence-electron chi connectivity index (χ3n) is 4.33. The predicted molar refractivity (Wildman–Crippen MR) is 96.0 cm³/mol. The summed E-state index contributed by atoms with van der Waals surface area (Å²) in [7, 11) is 0. The zero-order valence-electron chi connectivity index (χ0n) is 13.6. The lowest BCUT2D eigenvalue weighted by Gasteiger charge is -2.28. The summed E-state index contributed by atoms with van der Waals surface area (Å²) in [6.07, 6.45) is 7.55. The molecule has 0 bridgehead atoms. The zero-order chi connectivity index (χ0) is 16.8. The summed E-state index contributed by atoms with van der Waals surface area (Å²) in [4.78, 5) is 19.9. The molecule has 0 spiro atoms. The topological polar surface area (TPSA) is 42.4 Å². The number of pyridine rings is 1. The van der Waals surface area contributed by atoms with Gasteiger partial charge in [0.15, 0.2) is 0 Å². The second-order valence-electron chi connectivity index (χ2n) is 5.92. The Morgan fingerprint density at radius 3 is 2.96 bits per heavy atom. The fourth-order valence-corrected chi connectivity index (χ4v) is 3.88. The molecule has 2 aromatic heterocycles. The lowest BCUT2D eigenvalue weighted by molar-refractivity contribution is -0.132. The van der Waals surface area contributed by atoms with Crippen LogP contribution < -0.4 is 0 Å². The van der Waals surface area contributed by atoms with Crippen LogP contribution in [0.15, 0.2) is 54.7 Å². The molecule has 24 heavy (non-hydrogen) atoms. The fraction of sp³-hybridized carbons (Fsp3) is 0.368. The minimum Gasteiger partial charge on any atom is -0.372 e. The van der Waals surface area contributed by atoms with E-state index in [1.165, 1.54) is 5.56 Å². The molecule has 1 aliphatic rings. The molecule has 1 aliphatic heterocycles. The van der Waals surface area contributed by atoms with E-state index in [1.807, 2.05) is 34.5 Å². The van der Waals surface area contributed by atoms with Gasteiger partial charge in [-0.15, -0.1) is 17.9 Å². The number of hydrogen-bond acceptors (Lipinski definition) is 4. The van der Waals surface area contributed by atoms with Gasteiger partial charge in [0, 0.05) is 23.8 Å². The first-order valence-corrected chi connectivity index (χ1v) is 9.09. The Morgan fingerprint density at radius 1 is 1.42 bits per heavy atom. The Bertz CT molecular complexity index is 657. The SMILES string of the molecule is C=CCO[C@@H]1CCN(C(=O)Cc2cccs2)[C@@H]1Cc1ccncc1. The minimum absolute atomic E-state index is 0.0588. The molecule has 0 unspecified atom stereocenters. The normalized spacial score (nSPS) is 20.2. The van der Waals surface area contributed by atoms with Crippen molar-refractivity contribution in [2.75, 3.05) is 13.2 Å². The van der Waals surface area contributed by atoms with Crippen molar-refractivity contribution in [1.82, 2.24) is 9.88 Å². The van der Waals surface area contributed by atoms with Gasteiger partial charge in [-0.3, -0.25) is 9.78 Å². The summed E-state index contributed by atoms with van der Waals surface area (Å²) in [5.74, 6) is 0.182. The van der Waals surface area contributed by atoms with Crippen molar-refractivity contribution in [3.05, 3.63) is 65.1 Å². The maximum absolute atomic E-state index is 12.8. The van der Waals surface area contributed by atoms with Crippen molar-refractivity contribution in [2.45, 2.75) is 31.4 Å². The third kappa shape index (κ3) is 4.10. The van der Waals surface area contributed by atoms with Gasteiger partial charge in [0.05, 0.1) is 25.2 Å². The molecule has 0 radical (unpaired) electrons. The molecule has 3 heterocycles. The summed E-state index contributed by atoms with van der Waals surface area (Å²) in [6.45, 7) is 4.99. The molecule has 1 saturated heterocycles. The van der Waals surface area contributed by atoms with E-state index in [1.54, 1.807) is 29.8 Å². The molecule has 2 atom stereocenters. The molecule has 0 aromatic carbocycles. The van der Waals surface area contributed by atoms with E-state index in [0.29, 0.717) is 13.0 Å². The van der Waals surface area contributed by atoms with Crippen molar-refractivity contribution >= 4 is 17.2 Å². The average Bonchev–Trinajstić information content (AvgIpc) is 3.24. The summed E-state index contributed by atoms with van der Waals surface area (Å²) in [6, 6.07) is 8.08. The van der Waals surface area contributed by atoms with Crippen LogP contribution in [0, 0.1) is 0 Å². The van der Waals surface area contributed by atoms with Gasteiger partial charge in [-0.1, -0.05) is 12.1 Å². The van der Waals surface area contributed by atoms with Crippen molar-refractivity contribution < 1.29 is 9.53 Å². The number of aromatic nitrogens is 1. The van der Waals surface area contributed by atoms with Gasteiger partial charge in [0.25, 0.3) is 0 Å². The summed E-state index contributed by atoms with van der Waals surface area (Å²) in [5, 5.41) is 2.01. The lowest BCUT2D eigenvalue weighted by atomic mass is 10.0. The van der Waals surface area contributed by atoms with Gasteiger partial charge < -0.3 is 9.64 Å². The molecule has 2 aromatic rings. The van der Waals surface area contributed by atoms with Crippen molar-refractivity contribution in [3.8, 4) is 0 Å². The van der Waals surface area contributed by atoms with Crippen LogP contribution in [0.25, 0.3) is 0 Å². The molecule has 0 N–H and O–H groups in total. The maximum Gasteiger partial charge on any atom is 0.228 e. The molecular formula is C19H22N2O2S. The van der Waals surface area contributed by atoms with Gasteiger partial charge in [-0.25, -0.2) is 0 Å². The van der Waals surface area contributed by atoms with Crippen molar-refractivity contribution in [3.63, 3.8) is 0 Å². The highest BCUT2D eigenvalue weighted by Gasteiger charge is 2.37. The molecule has 0 aliphatic carbocycles. The first-order chi connectivity index (χ1) is 11.8. The zero-order valence-corrected chi connectivity index (χ0v) is 14.5. The standard InChI is InChI=1S/C19H22N2O2S/c1-2-11-23-18-7-10-21(19(22)14-16-4-3-12-24-16)17(18)13-15-5-8-20-9-6-15/h2-6,8-9,12,17-18H,1,7,10-11,13-14H2/t17-,18-/m1/s1. The number of nitrogens with zero attached hydrogens (tertiary/aromatic N) is 2. The Balaban J connectivity index is 1.73. The largest absolute Gasteiger partial charge is 0.372 e. The van der Waals surface area contributed by atoms with Crippen LogP contribution in [-0.4, -0.2) is 41.1 Å². The number of thiophene rings is 1. The van der Waals surface area contributed by atoms with Gasteiger partial charge in [0.2, 0.25) is 5.91 Å². The fourth-order valence-electron chi connectivity index (χ4n) is 3.19.